The van der Waals surface area contributed by atoms with E-state index in [4.69, 9.17) is 5.73 Å². The monoisotopic (exact) mass is 403 g/mol. The van der Waals surface area contributed by atoms with Crippen LogP contribution in [-0.2, 0) is 4.79 Å². The van der Waals surface area contributed by atoms with Gasteiger partial charge in [0, 0.05) is 29.2 Å². The number of primary amides is 1. The minimum atomic E-state index is -0.509. The Morgan fingerprint density at radius 3 is 2.77 bits per heavy atom. The molecule has 0 fully saturated rings. The number of rotatable bonds is 5. The van der Waals surface area contributed by atoms with E-state index < -0.39 is 11.9 Å². The molecular formula is C19H17N9O2. The fraction of sp³-hybridized carbons (Fsp3) is 0.0526. The molecule has 0 atom stereocenters. The van der Waals surface area contributed by atoms with Crippen LogP contribution in [0.1, 0.15) is 5.56 Å². The molecule has 2 aromatic carbocycles. The van der Waals surface area contributed by atoms with Crippen molar-refractivity contribution in [3.05, 3.63) is 66.1 Å². The van der Waals surface area contributed by atoms with Gasteiger partial charge >= 0.3 is 6.03 Å². The number of hydrogen-bond donors (Lipinski definition) is 4. The van der Waals surface area contributed by atoms with Gasteiger partial charge in [-0.15, -0.1) is 10.2 Å². The maximum absolute atomic E-state index is 12.5. The number of aromatic amines is 1. The highest BCUT2D eigenvalue weighted by molar-refractivity contribution is 5.94. The minimum Gasteiger partial charge on any atom is -0.368 e. The second kappa shape index (κ2) is 8.22. The summed E-state index contributed by atoms with van der Waals surface area (Å²) in [5, 5.41) is 19.1. The number of aliphatic imine (C=N–C) groups is 1. The third kappa shape index (κ3) is 4.30. The molecule has 3 amide bonds. The van der Waals surface area contributed by atoms with Crippen LogP contribution in [0.4, 0.5) is 16.2 Å². The lowest BCUT2D eigenvalue weighted by atomic mass is 10.2. The van der Waals surface area contributed by atoms with E-state index in [1.165, 1.54) is 0 Å². The Labute approximate surface area is 170 Å². The minimum absolute atomic E-state index is 0.0556. The maximum Gasteiger partial charge on any atom is 0.324 e. The van der Waals surface area contributed by atoms with Crippen LogP contribution in [0.25, 0.3) is 11.4 Å². The van der Waals surface area contributed by atoms with Gasteiger partial charge < -0.3 is 16.0 Å². The van der Waals surface area contributed by atoms with Gasteiger partial charge in [-0.3, -0.25) is 10.1 Å². The van der Waals surface area contributed by atoms with Gasteiger partial charge in [0.25, 0.3) is 0 Å². The lowest BCUT2D eigenvalue weighted by Crippen LogP contribution is -2.32. The quantitative estimate of drug-likeness (QED) is 0.502. The molecule has 0 saturated carbocycles. The van der Waals surface area contributed by atoms with E-state index in [0.717, 1.165) is 11.3 Å². The number of para-hydroxylation sites is 1. The summed E-state index contributed by atoms with van der Waals surface area (Å²) in [6.07, 6.45) is 3.17. The molecule has 11 heteroatoms. The van der Waals surface area contributed by atoms with Crippen LogP contribution < -0.4 is 21.3 Å². The summed E-state index contributed by atoms with van der Waals surface area (Å²) < 4.78 is 0. The summed E-state index contributed by atoms with van der Waals surface area (Å²) in [6.45, 7) is -0.0556. The fourth-order valence-electron chi connectivity index (χ4n) is 2.91. The number of hydrogen-bond acceptors (Lipinski definition) is 7. The van der Waals surface area contributed by atoms with Gasteiger partial charge in [0.2, 0.25) is 11.7 Å². The molecule has 0 bridgehead atoms. The third-order valence-corrected chi connectivity index (χ3v) is 4.16. The molecule has 0 aliphatic carbocycles. The molecule has 0 saturated heterocycles. The number of carbonyl (C=O) groups is 2. The molecule has 30 heavy (non-hydrogen) atoms. The summed E-state index contributed by atoms with van der Waals surface area (Å²) in [7, 11) is 0. The zero-order valence-electron chi connectivity index (χ0n) is 15.6. The van der Waals surface area contributed by atoms with Crippen molar-refractivity contribution in [2.45, 2.75) is 0 Å². The van der Waals surface area contributed by atoms with Crippen molar-refractivity contribution in [2.75, 3.05) is 16.8 Å². The highest BCUT2D eigenvalue weighted by atomic mass is 16.2. The lowest BCUT2D eigenvalue weighted by molar-refractivity contribution is -0.116. The molecule has 1 aromatic heterocycles. The summed E-state index contributed by atoms with van der Waals surface area (Å²) in [6, 6.07) is 13.9. The molecule has 1 aliphatic rings. The number of benzene rings is 2. The molecule has 0 radical (unpaired) electrons. The fourth-order valence-corrected chi connectivity index (χ4v) is 2.91. The van der Waals surface area contributed by atoms with Crippen molar-refractivity contribution in [1.29, 1.82) is 0 Å². The number of urea groups is 1. The normalized spacial score (nSPS) is 12.5. The molecule has 1 aliphatic heterocycles. The van der Waals surface area contributed by atoms with Crippen LogP contribution in [0, 0.1) is 0 Å². The van der Waals surface area contributed by atoms with E-state index in [2.05, 4.69) is 36.3 Å². The summed E-state index contributed by atoms with van der Waals surface area (Å²) >= 11 is 0. The van der Waals surface area contributed by atoms with Gasteiger partial charge in [0.05, 0.1) is 5.69 Å². The maximum atomic E-state index is 12.5. The number of nitrogens with zero attached hydrogens (tertiary/aromatic N) is 5. The topological polar surface area (TPSA) is 154 Å². The number of amides is 3. The zero-order valence-corrected chi connectivity index (χ0v) is 15.6. The van der Waals surface area contributed by atoms with Crippen LogP contribution in [0.15, 0.2) is 65.5 Å². The Hall–Kier alpha value is -4.54. The van der Waals surface area contributed by atoms with Gasteiger partial charge in [-0.2, -0.15) is 5.21 Å². The molecule has 0 unspecified atom stereocenters. The number of carbonyl (C=O) groups excluding carboxylic acids is 2. The second-order valence-corrected chi connectivity index (χ2v) is 6.32. The molecule has 5 N–H and O–H groups in total. The highest BCUT2D eigenvalue weighted by Gasteiger charge is 2.16. The van der Waals surface area contributed by atoms with Crippen LogP contribution in [0.5, 0.6) is 0 Å². The van der Waals surface area contributed by atoms with E-state index in [9.17, 15) is 9.59 Å². The first-order valence-electron chi connectivity index (χ1n) is 8.90. The van der Waals surface area contributed by atoms with Crippen molar-refractivity contribution in [2.24, 2.45) is 10.7 Å². The van der Waals surface area contributed by atoms with E-state index in [1.807, 2.05) is 24.3 Å². The number of tetrazole rings is 1. The van der Waals surface area contributed by atoms with Gasteiger partial charge in [-0.25, -0.2) is 9.79 Å². The van der Waals surface area contributed by atoms with Crippen LogP contribution in [0.2, 0.25) is 0 Å². The standard InChI is InChI=1S/C19H17N9O2/c20-16(29)10-28-11-17(21-9-13-4-1-2-7-15(13)28)23-19(30)22-14-6-3-5-12(8-14)18-24-26-27-25-18/h1-9,11H,10H2,(H2,20,29)(H2,22,23,30)(H,24,25,26,27). The molecule has 3 aromatic rings. The predicted molar refractivity (Wildman–Crippen MR) is 110 cm³/mol. The molecule has 4 rings (SSSR count). The van der Waals surface area contributed by atoms with E-state index in [-0.39, 0.29) is 12.4 Å². The van der Waals surface area contributed by atoms with Gasteiger partial charge in [0.15, 0.2) is 0 Å². The van der Waals surface area contributed by atoms with Crippen LogP contribution >= 0.6 is 0 Å². The number of nitrogens with two attached hydrogens (primary N) is 1. The Kier molecular flexibility index (Phi) is 5.16. The summed E-state index contributed by atoms with van der Waals surface area (Å²) in [5.41, 5.74) is 8.14. The number of H-pyrrole nitrogens is 1. The first-order valence-corrected chi connectivity index (χ1v) is 8.90. The Morgan fingerprint density at radius 2 is 1.97 bits per heavy atom. The summed E-state index contributed by atoms with van der Waals surface area (Å²) in [4.78, 5) is 29.9. The molecular weight excluding hydrogens is 386 g/mol. The van der Waals surface area contributed by atoms with Gasteiger partial charge in [-0.1, -0.05) is 30.3 Å². The largest absolute Gasteiger partial charge is 0.368 e. The van der Waals surface area contributed by atoms with Crippen molar-refractivity contribution in [3.63, 3.8) is 0 Å². The predicted octanol–water partition coefficient (Wildman–Crippen LogP) is 1.21. The first kappa shape index (κ1) is 18.8. The molecule has 11 nitrogen and oxygen atoms in total. The Morgan fingerprint density at radius 1 is 1.10 bits per heavy atom. The van der Waals surface area contributed by atoms with E-state index in [0.29, 0.717) is 17.1 Å². The second-order valence-electron chi connectivity index (χ2n) is 6.32. The number of aromatic nitrogens is 4. The molecule has 2 heterocycles. The smallest absolute Gasteiger partial charge is 0.324 e. The Balaban J connectivity index is 1.51. The SMILES string of the molecule is NC(=O)CN1C=C(NC(=O)Nc2cccc(-c3nn[nH]n3)c2)N=Cc2ccccc21. The van der Waals surface area contributed by atoms with Crippen molar-refractivity contribution < 1.29 is 9.59 Å². The zero-order chi connectivity index (χ0) is 20.9. The number of fused-ring (bicyclic) bond motifs is 1. The lowest BCUT2D eigenvalue weighted by Gasteiger charge is -2.20. The Bertz CT molecular complexity index is 1140. The van der Waals surface area contributed by atoms with Crippen LogP contribution in [-0.4, -0.2) is 45.3 Å². The van der Waals surface area contributed by atoms with Crippen LogP contribution in [0.3, 0.4) is 0 Å². The van der Waals surface area contributed by atoms with Crippen molar-refractivity contribution in [3.8, 4) is 11.4 Å². The first-order chi connectivity index (χ1) is 14.6. The average Bonchev–Trinajstić information content (AvgIpc) is 3.21. The third-order valence-electron chi connectivity index (χ3n) is 4.16. The van der Waals surface area contributed by atoms with Crippen molar-refractivity contribution in [1.82, 2.24) is 25.9 Å². The highest BCUT2D eigenvalue weighted by Crippen LogP contribution is 2.22. The molecule has 0 spiro atoms. The number of nitrogens with one attached hydrogen (secondary N) is 3. The summed E-state index contributed by atoms with van der Waals surface area (Å²) in [5.74, 6) is 0.152. The van der Waals surface area contributed by atoms with E-state index in [1.54, 1.807) is 41.6 Å². The average molecular weight is 403 g/mol. The number of anilines is 2. The molecule has 150 valence electrons. The van der Waals surface area contributed by atoms with Gasteiger partial charge in [-0.05, 0) is 23.4 Å². The van der Waals surface area contributed by atoms with Gasteiger partial charge in [0.1, 0.15) is 12.4 Å². The van der Waals surface area contributed by atoms with Crippen molar-refractivity contribution >= 4 is 29.5 Å². The van der Waals surface area contributed by atoms with E-state index >= 15 is 0 Å².